The lowest BCUT2D eigenvalue weighted by molar-refractivity contribution is -0.112. The highest BCUT2D eigenvalue weighted by atomic mass is 16.5. The van der Waals surface area contributed by atoms with E-state index in [1.54, 1.807) is 0 Å². The predicted molar refractivity (Wildman–Crippen MR) is 98.8 cm³/mol. The summed E-state index contributed by atoms with van der Waals surface area (Å²) in [6.45, 7) is 4.50. The van der Waals surface area contributed by atoms with Crippen LogP contribution in [0.2, 0.25) is 0 Å². The Morgan fingerprint density at radius 3 is 1.91 bits per heavy atom. The molecule has 2 nitrogen and oxygen atoms in total. The van der Waals surface area contributed by atoms with Crippen molar-refractivity contribution >= 4 is 6.29 Å². The summed E-state index contributed by atoms with van der Waals surface area (Å²) in [5.74, 6) is 0.163. The number of hydrogen-bond donors (Lipinski definition) is 0. The summed E-state index contributed by atoms with van der Waals surface area (Å²) in [6.07, 6.45) is 20.9. The van der Waals surface area contributed by atoms with Gasteiger partial charge in [0.15, 0.2) is 0 Å². The van der Waals surface area contributed by atoms with Crippen molar-refractivity contribution < 1.29 is 9.53 Å². The zero-order chi connectivity index (χ0) is 16.8. The van der Waals surface area contributed by atoms with Crippen molar-refractivity contribution in [1.82, 2.24) is 0 Å². The maximum absolute atomic E-state index is 11.3. The van der Waals surface area contributed by atoms with Crippen LogP contribution in [0, 0.1) is 5.92 Å². The number of unbranched alkanes of at least 4 members (excludes halogenated alkanes) is 10. The third-order valence-corrected chi connectivity index (χ3v) is 5.28. The third-order valence-electron chi connectivity index (χ3n) is 5.28. The SMILES string of the molecule is CCCCCCCCCCC[C@@H]1O[C@H](CCCCC)C[C@@H]1C=O. The molecule has 1 aliphatic rings. The molecule has 0 radical (unpaired) electrons. The lowest BCUT2D eigenvalue weighted by atomic mass is 9.95. The first-order valence-electron chi connectivity index (χ1n) is 10.4. The number of rotatable bonds is 15. The van der Waals surface area contributed by atoms with E-state index in [4.69, 9.17) is 4.74 Å². The normalized spacial score (nSPS) is 24.2. The van der Waals surface area contributed by atoms with Crippen LogP contribution in [0.5, 0.6) is 0 Å². The van der Waals surface area contributed by atoms with E-state index in [9.17, 15) is 4.79 Å². The fourth-order valence-electron chi connectivity index (χ4n) is 3.75. The van der Waals surface area contributed by atoms with E-state index in [2.05, 4.69) is 13.8 Å². The molecule has 0 bridgehead atoms. The van der Waals surface area contributed by atoms with E-state index < -0.39 is 0 Å². The van der Waals surface area contributed by atoms with Gasteiger partial charge in [-0.1, -0.05) is 90.9 Å². The van der Waals surface area contributed by atoms with Gasteiger partial charge in [-0.05, 0) is 19.3 Å². The fraction of sp³-hybridized carbons (Fsp3) is 0.952. The second-order valence-corrected chi connectivity index (χ2v) is 7.45. The van der Waals surface area contributed by atoms with Crippen LogP contribution in [0.25, 0.3) is 0 Å². The van der Waals surface area contributed by atoms with Crippen molar-refractivity contribution in [3.8, 4) is 0 Å². The number of ether oxygens (including phenoxy) is 1. The molecule has 1 heterocycles. The summed E-state index contributed by atoms with van der Waals surface area (Å²) in [4.78, 5) is 11.3. The summed E-state index contributed by atoms with van der Waals surface area (Å²) in [5, 5.41) is 0. The van der Waals surface area contributed by atoms with Gasteiger partial charge >= 0.3 is 0 Å². The third kappa shape index (κ3) is 9.49. The zero-order valence-corrected chi connectivity index (χ0v) is 15.7. The first-order chi connectivity index (χ1) is 11.3. The summed E-state index contributed by atoms with van der Waals surface area (Å²) in [6, 6.07) is 0. The molecular formula is C21H40O2. The molecule has 1 aliphatic heterocycles. The molecule has 1 fully saturated rings. The highest BCUT2D eigenvalue weighted by Crippen LogP contribution is 2.31. The van der Waals surface area contributed by atoms with Crippen molar-refractivity contribution in [2.24, 2.45) is 5.92 Å². The highest BCUT2D eigenvalue weighted by molar-refractivity contribution is 5.55. The van der Waals surface area contributed by atoms with Crippen molar-refractivity contribution in [2.45, 2.75) is 122 Å². The molecule has 3 atom stereocenters. The summed E-state index contributed by atoms with van der Waals surface area (Å²) < 4.78 is 6.15. The fourth-order valence-corrected chi connectivity index (χ4v) is 3.75. The molecule has 23 heavy (non-hydrogen) atoms. The van der Waals surface area contributed by atoms with Crippen LogP contribution in [0.3, 0.4) is 0 Å². The Morgan fingerprint density at radius 2 is 1.30 bits per heavy atom. The van der Waals surface area contributed by atoms with E-state index in [1.165, 1.54) is 77.0 Å². The lowest BCUT2D eigenvalue weighted by Crippen LogP contribution is -2.17. The average molecular weight is 325 g/mol. The van der Waals surface area contributed by atoms with Crippen LogP contribution in [-0.4, -0.2) is 18.5 Å². The molecule has 0 amide bonds. The summed E-state index contributed by atoms with van der Waals surface area (Å²) in [7, 11) is 0. The molecule has 0 unspecified atom stereocenters. The van der Waals surface area contributed by atoms with Crippen molar-refractivity contribution in [3.05, 3.63) is 0 Å². The molecule has 0 aromatic carbocycles. The van der Waals surface area contributed by atoms with Gasteiger partial charge in [0.1, 0.15) is 6.29 Å². The van der Waals surface area contributed by atoms with Gasteiger partial charge in [-0.15, -0.1) is 0 Å². The first-order valence-corrected chi connectivity index (χ1v) is 10.4. The number of hydrogen-bond acceptors (Lipinski definition) is 2. The molecule has 0 aromatic heterocycles. The number of aldehydes is 1. The second kappa shape index (κ2) is 14.0. The van der Waals surface area contributed by atoms with Gasteiger partial charge in [0, 0.05) is 5.92 Å². The Morgan fingerprint density at radius 1 is 0.783 bits per heavy atom. The molecule has 0 aliphatic carbocycles. The topological polar surface area (TPSA) is 26.3 Å². The molecule has 1 rings (SSSR count). The highest BCUT2D eigenvalue weighted by Gasteiger charge is 2.33. The monoisotopic (exact) mass is 324 g/mol. The molecule has 0 saturated carbocycles. The maximum atomic E-state index is 11.3. The van der Waals surface area contributed by atoms with Crippen LogP contribution < -0.4 is 0 Å². The minimum atomic E-state index is 0.163. The van der Waals surface area contributed by atoms with Gasteiger partial charge in [-0.2, -0.15) is 0 Å². The van der Waals surface area contributed by atoms with Gasteiger partial charge in [0.2, 0.25) is 0 Å². The van der Waals surface area contributed by atoms with E-state index in [0.717, 1.165) is 25.5 Å². The van der Waals surface area contributed by atoms with Crippen LogP contribution in [0.4, 0.5) is 0 Å². The van der Waals surface area contributed by atoms with Crippen LogP contribution in [0.1, 0.15) is 110 Å². The second-order valence-electron chi connectivity index (χ2n) is 7.45. The van der Waals surface area contributed by atoms with E-state index in [1.807, 2.05) is 0 Å². The maximum Gasteiger partial charge on any atom is 0.125 e. The minimum absolute atomic E-state index is 0.163. The largest absolute Gasteiger partial charge is 0.374 e. The van der Waals surface area contributed by atoms with Crippen LogP contribution >= 0.6 is 0 Å². The van der Waals surface area contributed by atoms with Crippen molar-refractivity contribution in [2.75, 3.05) is 0 Å². The molecule has 136 valence electrons. The predicted octanol–water partition coefficient (Wildman–Crippen LogP) is 6.46. The molecule has 0 spiro atoms. The number of carbonyl (C=O) groups excluding carboxylic acids is 1. The Bertz CT molecular complexity index is 277. The Hall–Kier alpha value is -0.370. The molecule has 2 heteroatoms. The van der Waals surface area contributed by atoms with E-state index >= 15 is 0 Å². The van der Waals surface area contributed by atoms with E-state index in [-0.39, 0.29) is 12.0 Å². The van der Waals surface area contributed by atoms with Gasteiger partial charge in [0.05, 0.1) is 12.2 Å². The molecule has 0 N–H and O–H groups in total. The van der Waals surface area contributed by atoms with Gasteiger partial charge in [-0.3, -0.25) is 0 Å². The van der Waals surface area contributed by atoms with Crippen molar-refractivity contribution in [3.63, 3.8) is 0 Å². The minimum Gasteiger partial charge on any atom is -0.374 e. The van der Waals surface area contributed by atoms with Gasteiger partial charge in [0.25, 0.3) is 0 Å². The first kappa shape index (κ1) is 20.7. The number of carbonyl (C=O) groups is 1. The quantitative estimate of drug-likeness (QED) is 0.255. The zero-order valence-electron chi connectivity index (χ0n) is 15.7. The van der Waals surface area contributed by atoms with Crippen LogP contribution in [0.15, 0.2) is 0 Å². The van der Waals surface area contributed by atoms with E-state index in [0.29, 0.717) is 6.10 Å². The van der Waals surface area contributed by atoms with Gasteiger partial charge in [-0.25, -0.2) is 0 Å². The Kier molecular flexibility index (Phi) is 12.6. The lowest BCUT2D eigenvalue weighted by Gasteiger charge is -2.15. The van der Waals surface area contributed by atoms with Crippen molar-refractivity contribution in [1.29, 1.82) is 0 Å². The molecule has 1 saturated heterocycles. The summed E-state index contributed by atoms with van der Waals surface area (Å²) in [5.41, 5.74) is 0. The standard InChI is InChI=1S/C21H40O2/c1-3-5-7-8-9-10-11-12-14-16-21-19(18-22)17-20(23-21)15-13-6-4-2/h18-21H,3-17H2,1-2H3/t19-,20-,21+/m1/s1. The Labute approximate surface area is 144 Å². The molecular weight excluding hydrogens is 284 g/mol. The van der Waals surface area contributed by atoms with Gasteiger partial charge < -0.3 is 9.53 Å². The average Bonchev–Trinajstić information content (AvgIpc) is 2.96. The Balaban J connectivity index is 2.03. The smallest absolute Gasteiger partial charge is 0.125 e. The summed E-state index contributed by atoms with van der Waals surface area (Å²) >= 11 is 0. The molecule has 0 aromatic rings. The van der Waals surface area contributed by atoms with Crippen LogP contribution in [-0.2, 0) is 9.53 Å².